The summed E-state index contributed by atoms with van der Waals surface area (Å²) in [5.74, 6) is -0.233. The lowest BCUT2D eigenvalue weighted by Gasteiger charge is -2.36. The van der Waals surface area contributed by atoms with Gasteiger partial charge in [0.15, 0.2) is 0 Å². The molecule has 2 aromatic carbocycles. The highest BCUT2D eigenvalue weighted by atomic mass is 19.1. The van der Waals surface area contributed by atoms with Crippen LogP contribution in [-0.2, 0) is 6.42 Å². The van der Waals surface area contributed by atoms with E-state index < -0.39 is 0 Å². The molecule has 2 aromatic rings. The van der Waals surface area contributed by atoms with Gasteiger partial charge < -0.3 is 15.1 Å². The molecule has 0 bridgehead atoms. The summed E-state index contributed by atoms with van der Waals surface area (Å²) < 4.78 is 13.3. The van der Waals surface area contributed by atoms with E-state index in [-0.39, 0.29) is 11.8 Å². The maximum atomic E-state index is 13.3. The Kier molecular flexibility index (Phi) is 4.99. The number of anilines is 2. The number of rotatable bonds is 3. The first kappa shape index (κ1) is 16.3. The Bertz CT molecular complexity index is 694. The Labute approximate surface area is 141 Å². The number of benzene rings is 2. The standard InChI is InChI=1S/C19H22FN3O/c1-2-15-6-8-17(9-7-15)21-19(24)23-12-10-22(11-13-23)18-5-3-4-16(20)14-18/h3-9,14H,2,10-13H2,1H3,(H,21,24). The van der Waals surface area contributed by atoms with Crippen LogP contribution < -0.4 is 10.2 Å². The van der Waals surface area contributed by atoms with Crippen molar-refractivity contribution < 1.29 is 9.18 Å². The fourth-order valence-electron chi connectivity index (χ4n) is 2.87. The van der Waals surface area contributed by atoms with Gasteiger partial charge in [0, 0.05) is 37.6 Å². The number of carbonyl (C=O) groups is 1. The van der Waals surface area contributed by atoms with Crippen LogP contribution >= 0.6 is 0 Å². The number of nitrogens with zero attached hydrogens (tertiary/aromatic N) is 2. The molecule has 1 aliphatic rings. The van der Waals surface area contributed by atoms with E-state index in [0.29, 0.717) is 26.2 Å². The molecule has 1 fully saturated rings. The van der Waals surface area contributed by atoms with Crippen LogP contribution in [0.3, 0.4) is 0 Å². The molecular formula is C19H22FN3O. The second-order valence-corrected chi connectivity index (χ2v) is 5.93. The summed E-state index contributed by atoms with van der Waals surface area (Å²) in [6, 6.07) is 14.4. The number of hydrogen-bond acceptors (Lipinski definition) is 2. The van der Waals surface area contributed by atoms with Crippen molar-refractivity contribution in [2.75, 3.05) is 36.4 Å². The molecule has 0 radical (unpaired) electrons. The summed E-state index contributed by atoms with van der Waals surface area (Å²) in [4.78, 5) is 16.3. The second-order valence-electron chi connectivity index (χ2n) is 5.93. The molecule has 2 amide bonds. The lowest BCUT2D eigenvalue weighted by molar-refractivity contribution is 0.208. The summed E-state index contributed by atoms with van der Waals surface area (Å²) in [6.45, 7) is 4.74. The van der Waals surface area contributed by atoms with Gasteiger partial charge in [-0.2, -0.15) is 0 Å². The van der Waals surface area contributed by atoms with E-state index in [2.05, 4.69) is 17.1 Å². The van der Waals surface area contributed by atoms with Crippen molar-refractivity contribution in [3.63, 3.8) is 0 Å². The fraction of sp³-hybridized carbons (Fsp3) is 0.316. The maximum absolute atomic E-state index is 13.3. The van der Waals surface area contributed by atoms with Gasteiger partial charge in [0.25, 0.3) is 0 Å². The summed E-state index contributed by atoms with van der Waals surface area (Å²) >= 11 is 0. The predicted molar refractivity (Wildman–Crippen MR) is 95.0 cm³/mol. The molecule has 0 spiro atoms. The SMILES string of the molecule is CCc1ccc(NC(=O)N2CCN(c3cccc(F)c3)CC2)cc1. The average molecular weight is 327 g/mol. The quantitative estimate of drug-likeness (QED) is 0.932. The Morgan fingerprint density at radius 3 is 2.42 bits per heavy atom. The largest absolute Gasteiger partial charge is 0.368 e. The van der Waals surface area contributed by atoms with Crippen LogP contribution in [0.1, 0.15) is 12.5 Å². The molecule has 0 atom stereocenters. The van der Waals surface area contributed by atoms with Crippen molar-refractivity contribution in [3.05, 3.63) is 59.9 Å². The molecule has 1 saturated heterocycles. The van der Waals surface area contributed by atoms with Crippen LogP contribution in [0, 0.1) is 5.82 Å². The van der Waals surface area contributed by atoms with Crippen molar-refractivity contribution in [3.8, 4) is 0 Å². The van der Waals surface area contributed by atoms with Gasteiger partial charge in [-0.05, 0) is 42.3 Å². The predicted octanol–water partition coefficient (Wildman–Crippen LogP) is 3.74. The van der Waals surface area contributed by atoms with Crippen molar-refractivity contribution in [2.45, 2.75) is 13.3 Å². The molecule has 4 nitrogen and oxygen atoms in total. The van der Waals surface area contributed by atoms with Crippen molar-refractivity contribution >= 4 is 17.4 Å². The highest BCUT2D eigenvalue weighted by molar-refractivity contribution is 5.89. The van der Waals surface area contributed by atoms with Crippen molar-refractivity contribution in [1.82, 2.24) is 4.90 Å². The molecule has 3 rings (SSSR count). The van der Waals surface area contributed by atoms with Crippen LogP contribution in [-0.4, -0.2) is 37.1 Å². The van der Waals surface area contributed by atoms with Crippen molar-refractivity contribution in [2.24, 2.45) is 0 Å². The summed E-state index contributed by atoms with van der Waals surface area (Å²) in [5.41, 5.74) is 2.92. The van der Waals surface area contributed by atoms with Gasteiger partial charge in [-0.1, -0.05) is 25.1 Å². The first-order valence-corrected chi connectivity index (χ1v) is 8.31. The summed E-state index contributed by atoms with van der Waals surface area (Å²) in [5, 5.41) is 2.94. The van der Waals surface area contributed by atoms with E-state index in [1.807, 2.05) is 30.3 Å². The molecule has 1 aliphatic heterocycles. The molecule has 0 unspecified atom stereocenters. The highest BCUT2D eigenvalue weighted by Gasteiger charge is 2.21. The van der Waals surface area contributed by atoms with Gasteiger partial charge in [-0.15, -0.1) is 0 Å². The van der Waals surface area contributed by atoms with Crippen LogP contribution in [0.15, 0.2) is 48.5 Å². The Balaban J connectivity index is 1.54. The van der Waals surface area contributed by atoms with E-state index in [0.717, 1.165) is 17.8 Å². The molecule has 0 saturated carbocycles. The van der Waals surface area contributed by atoms with E-state index in [9.17, 15) is 9.18 Å². The van der Waals surface area contributed by atoms with Gasteiger partial charge >= 0.3 is 6.03 Å². The van der Waals surface area contributed by atoms with Gasteiger partial charge in [0.2, 0.25) is 0 Å². The number of nitrogens with one attached hydrogen (secondary N) is 1. The zero-order valence-corrected chi connectivity index (χ0v) is 13.8. The van der Waals surface area contributed by atoms with E-state index in [1.165, 1.54) is 17.7 Å². The first-order chi connectivity index (χ1) is 11.7. The smallest absolute Gasteiger partial charge is 0.321 e. The van der Waals surface area contributed by atoms with Gasteiger partial charge in [0.1, 0.15) is 5.82 Å². The van der Waals surface area contributed by atoms with Crippen molar-refractivity contribution in [1.29, 1.82) is 0 Å². The monoisotopic (exact) mass is 327 g/mol. The number of piperazine rings is 1. The third kappa shape index (κ3) is 3.85. The topological polar surface area (TPSA) is 35.6 Å². The molecule has 0 aliphatic carbocycles. The lowest BCUT2D eigenvalue weighted by atomic mass is 10.1. The molecular weight excluding hydrogens is 305 g/mol. The summed E-state index contributed by atoms with van der Waals surface area (Å²) in [6.07, 6.45) is 0.982. The van der Waals surface area contributed by atoms with Gasteiger partial charge in [0.05, 0.1) is 0 Å². The molecule has 1 N–H and O–H groups in total. The molecule has 5 heteroatoms. The van der Waals surface area contributed by atoms with Crippen LogP contribution in [0.4, 0.5) is 20.6 Å². The molecule has 24 heavy (non-hydrogen) atoms. The molecule has 1 heterocycles. The zero-order valence-electron chi connectivity index (χ0n) is 13.8. The minimum Gasteiger partial charge on any atom is -0.368 e. The third-order valence-electron chi connectivity index (χ3n) is 4.35. The Morgan fingerprint density at radius 2 is 1.79 bits per heavy atom. The Morgan fingerprint density at radius 1 is 1.08 bits per heavy atom. The highest BCUT2D eigenvalue weighted by Crippen LogP contribution is 2.18. The number of aryl methyl sites for hydroxylation is 1. The van der Waals surface area contributed by atoms with Gasteiger partial charge in [-0.25, -0.2) is 9.18 Å². The number of urea groups is 1. The second kappa shape index (κ2) is 7.34. The van der Waals surface area contributed by atoms with Crippen LogP contribution in [0.5, 0.6) is 0 Å². The number of amides is 2. The minimum absolute atomic E-state index is 0.0851. The average Bonchev–Trinajstić information content (AvgIpc) is 2.62. The first-order valence-electron chi connectivity index (χ1n) is 8.31. The Hall–Kier alpha value is -2.56. The van der Waals surface area contributed by atoms with E-state index in [4.69, 9.17) is 0 Å². The normalized spacial score (nSPS) is 14.6. The zero-order chi connectivity index (χ0) is 16.9. The third-order valence-corrected chi connectivity index (χ3v) is 4.35. The maximum Gasteiger partial charge on any atom is 0.321 e. The summed E-state index contributed by atoms with van der Waals surface area (Å²) in [7, 11) is 0. The van der Waals surface area contributed by atoms with E-state index >= 15 is 0 Å². The fourth-order valence-corrected chi connectivity index (χ4v) is 2.87. The number of halogens is 1. The minimum atomic E-state index is -0.233. The molecule has 0 aromatic heterocycles. The van der Waals surface area contributed by atoms with Crippen LogP contribution in [0.2, 0.25) is 0 Å². The van der Waals surface area contributed by atoms with E-state index in [1.54, 1.807) is 11.0 Å². The van der Waals surface area contributed by atoms with Gasteiger partial charge in [-0.3, -0.25) is 0 Å². The van der Waals surface area contributed by atoms with Crippen LogP contribution in [0.25, 0.3) is 0 Å². The molecule has 126 valence electrons. The number of carbonyl (C=O) groups excluding carboxylic acids is 1. The number of hydrogen-bond donors (Lipinski definition) is 1. The lowest BCUT2D eigenvalue weighted by Crippen LogP contribution is -2.50.